The van der Waals surface area contributed by atoms with Crippen LogP contribution in [0, 0.1) is 0 Å². The number of nitrogens with zero attached hydrogens (tertiary/aromatic N) is 3. The zero-order chi connectivity index (χ0) is 17.8. The van der Waals surface area contributed by atoms with Gasteiger partial charge < -0.3 is 10.1 Å². The minimum Gasteiger partial charge on any atom is -0.474 e. The predicted octanol–water partition coefficient (Wildman–Crippen LogP) is 3.52. The largest absolute Gasteiger partial charge is 0.474 e. The second-order valence-electron chi connectivity index (χ2n) is 5.90. The van der Waals surface area contributed by atoms with Crippen molar-refractivity contribution in [3.63, 3.8) is 0 Å². The molecule has 2 heterocycles. The monoisotopic (exact) mass is 336 g/mol. The predicted molar refractivity (Wildman–Crippen MR) is 96.6 cm³/mol. The van der Waals surface area contributed by atoms with E-state index < -0.39 is 0 Å². The Balaban J connectivity index is 1.84. The number of amides is 1. The zero-order valence-electron chi connectivity index (χ0n) is 14.4. The number of aromatic nitrogens is 3. The van der Waals surface area contributed by atoms with Gasteiger partial charge in [0.1, 0.15) is 5.56 Å². The summed E-state index contributed by atoms with van der Waals surface area (Å²) in [6.45, 7) is 3.79. The highest BCUT2D eigenvalue weighted by Crippen LogP contribution is 2.23. The number of pyridine rings is 1. The van der Waals surface area contributed by atoms with Crippen molar-refractivity contribution in [1.82, 2.24) is 14.8 Å². The van der Waals surface area contributed by atoms with Crippen LogP contribution >= 0.6 is 0 Å². The maximum Gasteiger partial charge on any atom is 0.261 e. The van der Waals surface area contributed by atoms with Gasteiger partial charge in [0, 0.05) is 30.7 Å². The summed E-state index contributed by atoms with van der Waals surface area (Å²) in [6, 6.07) is 13.0. The van der Waals surface area contributed by atoms with Gasteiger partial charge in [-0.1, -0.05) is 12.1 Å². The lowest BCUT2D eigenvalue weighted by Gasteiger charge is -2.13. The Bertz CT molecular complexity index is 886. The van der Waals surface area contributed by atoms with Crippen LogP contribution in [-0.4, -0.2) is 26.8 Å². The molecule has 0 aliphatic heterocycles. The number of carbonyl (C=O) groups excluding carboxylic acids is 1. The van der Waals surface area contributed by atoms with Crippen molar-refractivity contribution >= 4 is 11.6 Å². The van der Waals surface area contributed by atoms with Crippen LogP contribution in [0.1, 0.15) is 24.2 Å². The molecular weight excluding hydrogens is 316 g/mol. The lowest BCUT2D eigenvalue weighted by Crippen LogP contribution is -2.16. The van der Waals surface area contributed by atoms with Gasteiger partial charge in [0.2, 0.25) is 5.88 Å². The second kappa shape index (κ2) is 7.17. The first-order chi connectivity index (χ1) is 12.0. The van der Waals surface area contributed by atoms with Crippen LogP contribution in [0.3, 0.4) is 0 Å². The molecule has 2 aromatic heterocycles. The van der Waals surface area contributed by atoms with Crippen LogP contribution in [0.2, 0.25) is 0 Å². The third-order valence-electron chi connectivity index (χ3n) is 3.60. The SMILES string of the molecule is CC(C)Oc1ncccc1C(=O)Nc1cccc(-c2ccnn2C)c1. The van der Waals surface area contributed by atoms with Crippen molar-refractivity contribution in [2.45, 2.75) is 20.0 Å². The molecule has 25 heavy (non-hydrogen) atoms. The second-order valence-corrected chi connectivity index (χ2v) is 5.90. The molecule has 6 nitrogen and oxygen atoms in total. The highest BCUT2D eigenvalue weighted by atomic mass is 16.5. The van der Waals surface area contributed by atoms with Gasteiger partial charge in [0.05, 0.1) is 11.8 Å². The minimum absolute atomic E-state index is 0.0605. The van der Waals surface area contributed by atoms with Crippen LogP contribution < -0.4 is 10.1 Å². The van der Waals surface area contributed by atoms with E-state index in [9.17, 15) is 4.79 Å². The van der Waals surface area contributed by atoms with E-state index in [1.54, 1.807) is 29.2 Å². The van der Waals surface area contributed by atoms with E-state index in [2.05, 4.69) is 15.4 Å². The Morgan fingerprint density at radius 3 is 2.72 bits per heavy atom. The molecule has 3 aromatic rings. The summed E-state index contributed by atoms with van der Waals surface area (Å²) in [6.07, 6.45) is 3.29. The van der Waals surface area contributed by atoms with Crippen molar-refractivity contribution in [3.8, 4) is 17.1 Å². The van der Waals surface area contributed by atoms with E-state index in [0.717, 1.165) is 11.3 Å². The van der Waals surface area contributed by atoms with Gasteiger partial charge in [-0.2, -0.15) is 5.10 Å². The number of carbonyl (C=O) groups is 1. The fourth-order valence-corrected chi connectivity index (χ4v) is 2.49. The third kappa shape index (κ3) is 3.85. The molecule has 0 radical (unpaired) electrons. The number of aryl methyl sites for hydroxylation is 1. The van der Waals surface area contributed by atoms with Crippen LogP contribution in [0.25, 0.3) is 11.3 Å². The van der Waals surface area contributed by atoms with E-state index in [-0.39, 0.29) is 12.0 Å². The number of hydrogen-bond acceptors (Lipinski definition) is 4. The van der Waals surface area contributed by atoms with E-state index in [1.807, 2.05) is 51.2 Å². The molecule has 0 unspecified atom stereocenters. The van der Waals surface area contributed by atoms with Gasteiger partial charge in [-0.05, 0) is 44.2 Å². The molecule has 0 spiro atoms. The van der Waals surface area contributed by atoms with E-state index >= 15 is 0 Å². The summed E-state index contributed by atoms with van der Waals surface area (Å²) in [5.41, 5.74) is 3.05. The molecule has 0 aliphatic carbocycles. The third-order valence-corrected chi connectivity index (χ3v) is 3.60. The van der Waals surface area contributed by atoms with Gasteiger partial charge in [0.15, 0.2) is 0 Å². The number of benzene rings is 1. The molecule has 1 N–H and O–H groups in total. The normalized spacial score (nSPS) is 10.7. The van der Waals surface area contributed by atoms with E-state index in [1.165, 1.54) is 0 Å². The summed E-state index contributed by atoms with van der Waals surface area (Å²) >= 11 is 0. The number of ether oxygens (including phenoxy) is 1. The molecule has 3 rings (SSSR count). The van der Waals surface area contributed by atoms with E-state index in [0.29, 0.717) is 17.1 Å². The average molecular weight is 336 g/mol. The molecule has 0 saturated heterocycles. The molecule has 0 saturated carbocycles. The van der Waals surface area contributed by atoms with Gasteiger partial charge in [-0.25, -0.2) is 4.98 Å². The Labute approximate surface area is 146 Å². The Morgan fingerprint density at radius 1 is 1.16 bits per heavy atom. The molecule has 1 aromatic carbocycles. The Kier molecular flexibility index (Phi) is 4.79. The summed E-state index contributed by atoms with van der Waals surface area (Å²) in [5.74, 6) is 0.0729. The molecule has 0 aliphatic rings. The zero-order valence-corrected chi connectivity index (χ0v) is 14.4. The molecular formula is C19H20N4O2. The van der Waals surface area contributed by atoms with Crippen molar-refractivity contribution in [1.29, 1.82) is 0 Å². The Hall–Kier alpha value is -3.15. The molecule has 1 amide bonds. The number of anilines is 1. The van der Waals surface area contributed by atoms with Crippen LogP contribution in [-0.2, 0) is 7.05 Å². The first kappa shape index (κ1) is 16.7. The van der Waals surface area contributed by atoms with Gasteiger partial charge in [0.25, 0.3) is 5.91 Å². The van der Waals surface area contributed by atoms with Crippen molar-refractivity contribution in [3.05, 3.63) is 60.4 Å². The smallest absolute Gasteiger partial charge is 0.261 e. The van der Waals surface area contributed by atoms with Crippen molar-refractivity contribution < 1.29 is 9.53 Å². The van der Waals surface area contributed by atoms with Gasteiger partial charge in [-0.15, -0.1) is 0 Å². The summed E-state index contributed by atoms with van der Waals surface area (Å²) in [7, 11) is 1.88. The van der Waals surface area contributed by atoms with Gasteiger partial charge in [-0.3, -0.25) is 9.48 Å². The van der Waals surface area contributed by atoms with Crippen LogP contribution in [0.4, 0.5) is 5.69 Å². The number of nitrogens with one attached hydrogen (secondary N) is 1. The maximum absolute atomic E-state index is 12.6. The highest BCUT2D eigenvalue weighted by molar-refractivity contribution is 6.06. The number of hydrogen-bond donors (Lipinski definition) is 1. The summed E-state index contributed by atoms with van der Waals surface area (Å²) < 4.78 is 7.41. The van der Waals surface area contributed by atoms with Crippen LogP contribution in [0.15, 0.2) is 54.9 Å². The van der Waals surface area contributed by atoms with Gasteiger partial charge >= 0.3 is 0 Å². The fourth-order valence-electron chi connectivity index (χ4n) is 2.49. The fraction of sp³-hybridized carbons (Fsp3) is 0.211. The standard InChI is InChI=1S/C19H20N4O2/c1-13(2)25-19-16(8-5-10-20-19)18(24)22-15-7-4-6-14(12-15)17-9-11-21-23(17)3/h4-13H,1-3H3,(H,22,24). The molecule has 128 valence electrons. The minimum atomic E-state index is -0.258. The first-order valence-corrected chi connectivity index (χ1v) is 8.06. The average Bonchev–Trinajstić information content (AvgIpc) is 3.01. The van der Waals surface area contributed by atoms with Crippen molar-refractivity contribution in [2.24, 2.45) is 7.05 Å². The molecule has 6 heteroatoms. The molecule has 0 bridgehead atoms. The van der Waals surface area contributed by atoms with Crippen LogP contribution in [0.5, 0.6) is 5.88 Å². The van der Waals surface area contributed by atoms with E-state index in [4.69, 9.17) is 4.74 Å². The highest BCUT2D eigenvalue weighted by Gasteiger charge is 2.15. The van der Waals surface area contributed by atoms with Crippen molar-refractivity contribution in [2.75, 3.05) is 5.32 Å². The maximum atomic E-state index is 12.6. The Morgan fingerprint density at radius 2 is 2.00 bits per heavy atom. The first-order valence-electron chi connectivity index (χ1n) is 8.06. The lowest BCUT2D eigenvalue weighted by atomic mass is 10.1. The summed E-state index contributed by atoms with van der Waals surface area (Å²) in [4.78, 5) is 16.8. The topological polar surface area (TPSA) is 69.0 Å². The quantitative estimate of drug-likeness (QED) is 0.774. The summed E-state index contributed by atoms with van der Waals surface area (Å²) in [5, 5.41) is 7.08. The lowest BCUT2D eigenvalue weighted by molar-refractivity contribution is 0.102. The number of rotatable bonds is 5. The molecule has 0 fully saturated rings. The molecule has 0 atom stereocenters.